The van der Waals surface area contributed by atoms with E-state index in [0.717, 1.165) is 5.56 Å². The largest absolute Gasteiger partial charge is 0.366 e. The number of primary amides is 1. The molecular weight excluding hydrogens is 300 g/mol. The van der Waals surface area contributed by atoms with Crippen molar-refractivity contribution in [3.63, 3.8) is 0 Å². The van der Waals surface area contributed by atoms with Gasteiger partial charge in [-0.2, -0.15) is 17.7 Å². The molecule has 0 unspecified atom stereocenters. The van der Waals surface area contributed by atoms with Crippen molar-refractivity contribution in [2.24, 2.45) is 5.73 Å². The van der Waals surface area contributed by atoms with Crippen LogP contribution in [-0.2, 0) is 6.42 Å². The second kappa shape index (κ2) is 7.11. The molecule has 0 aliphatic carbocycles. The Labute approximate surface area is 133 Å². The molecule has 0 aliphatic heterocycles. The van der Waals surface area contributed by atoms with Gasteiger partial charge >= 0.3 is 0 Å². The lowest BCUT2D eigenvalue weighted by molar-refractivity contribution is 0.0847. The van der Waals surface area contributed by atoms with E-state index < -0.39 is 11.8 Å². The maximum absolute atomic E-state index is 12.5. The summed E-state index contributed by atoms with van der Waals surface area (Å²) in [5, 5.41) is 10.8. The minimum atomic E-state index is -0.721. The molecule has 5 nitrogen and oxygen atoms in total. The molecule has 22 heavy (non-hydrogen) atoms. The molecule has 0 saturated heterocycles. The van der Waals surface area contributed by atoms with Crippen LogP contribution in [0.3, 0.4) is 0 Å². The highest BCUT2D eigenvalue weighted by Gasteiger charge is 2.22. The predicted octanol–water partition coefficient (Wildman–Crippen LogP) is 2.29. The average Bonchev–Trinajstić information content (AvgIpc) is 2.54. The zero-order chi connectivity index (χ0) is 16.1. The van der Waals surface area contributed by atoms with E-state index in [-0.39, 0.29) is 11.1 Å². The van der Waals surface area contributed by atoms with Crippen LogP contribution in [0, 0.1) is 0 Å². The van der Waals surface area contributed by atoms with Crippen molar-refractivity contribution >= 4 is 30.1 Å². The first kappa shape index (κ1) is 16.1. The summed E-state index contributed by atoms with van der Waals surface area (Å²) in [6, 6.07) is 13.1. The summed E-state index contributed by atoms with van der Waals surface area (Å²) in [5.74, 6) is -0.848. The van der Waals surface area contributed by atoms with Gasteiger partial charge in [0, 0.05) is 0 Å². The standard InChI is InChI=1S/C16H16N2O3S/c17-15(19)12-6-2-3-7-13(12)16(20)18(21)14-8-4-1-5-11(14)9-10-22/h1-8,21-22H,9-10H2,(H2,17,19). The lowest BCUT2D eigenvalue weighted by atomic mass is 10.1. The van der Waals surface area contributed by atoms with E-state index in [4.69, 9.17) is 5.73 Å². The lowest BCUT2D eigenvalue weighted by Crippen LogP contribution is -2.30. The Morgan fingerprint density at radius 1 is 1.05 bits per heavy atom. The zero-order valence-corrected chi connectivity index (χ0v) is 12.7. The van der Waals surface area contributed by atoms with E-state index in [1.54, 1.807) is 24.3 Å². The number of nitrogens with zero attached hydrogens (tertiary/aromatic N) is 1. The Kier molecular flexibility index (Phi) is 5.19. The van der Waals surface area contributed by atoms with Crippen molar-refractivity contribution in [3.8, 4) is 0 Å². The highest BCUT2D eigenvalue weighted by Crippen LogP contribution is 2.22. The molecule has 0 spiro atoms. The SMILES string of the molecule is NC(=O)c1ccccc1C(=O)N(O)c1ccccc1CCS. The predicted molar refractivity (Wildman–Crippen MR) is 87.6 cm³/mol. The Morgan fingerprint density at radius 3 is 2.27 bits per heavy atom. The van der Waals surface area contributed by atoms with Gasteiger partial charge in [0.05, 0.1) is 16.8 Å². The molecular formula is C16H16N2O3S. The van der Waals surface area contributed by atoms with Crippen LogP contribution in [-0.4, -0.2) is 22.8 Å². The minimum absolute atomic E-state index is 0.0539. The maximum Gasteiger partial charge on any atom is 0.282 e. The number of amides is 2. The van der Waals surface area contributed by atoms with Gasteiger partial charge in [0.2, 0.25) is 5.91 Å². The first-order valence-corrected chi connectivity index (χ1v) is 7.30. The molecule has 3 N–H and O–H groups in total. The third kappa shape index (κ3) is 3.29. The van der Waals surface area contributed by atoms with Gasteiger partial charge in [-0.3, -0.25) is 14.8 Å². The van der Waals surface area contributed by atoms with Gasteiger partial charge in [-0.1, -0.05) is 30.3 Å². The molecule has 2 rings (SSSR count). The van der Waals surface area contributed by atoms with Crippen LogP contribution in [0.2, 0.25) is 0 Å². The molecule has 2 aromatic rings. The van der Waals surface area contributed by atoms with Crippen LogP contribution >= 0.6 is 12.6 Å². The lowest BCUT2D eigenvalue weighted by Gasteiger charge is -2.19. The minimum Gasteiger partial charge on any atom is -0.366 e. The fourth-order valence-corrected chi connectivity index (χ4v) is 2.40. The number of benzene rings is 2. The number of rotatable bonds is 5. The Morgan fingerprint density at radius 2 is 1.64 bits per heavy atom. The van der Waals surface area contributed by atoms with E-state index >= 15 is 0 Å². The summed E-state index contributed by atoms with van der Waals surface area (Å²) in [5.41, 5.74) is 6.53. The molecule has 2 amide bonds. The smallest absolute Gasteiger partial charge is 0.282 e. The normalized spacial score (nSPS) is 10.3. The van der Waals surface area contributed by atoms with Crippen molar-refractivity contribution in [3.05, 3.63) is 65.2 Å². The fraction of sp³-hybridized carbons (Fsp3) is 0.125. The van der Waals surface area contributed by atoms with E-state index in [1.807, 2.05) is 12.1 Å². The first-order valence-electron chi connectivity index (χ1n) is 6.67. The number of para-hydroxylation sites is 1. The van der Waals surface area contributed by atoms with Gasteiger partial charge in [-0.05, 0) is 35.9 Å². The van der Waals surface area contributed by atoms with Crippen molar-refractivity contribution < 1.29 is 14.8 Å². The summed E-state index contributed by atoms with van der Waals surface area (Å²) >= 11 is 4.17. The monoisotopic (exact) mass is 316 g/mol. The molecule has 0 fully saturated rings. The van der Waals surface area contributed by atoms with Crippen LogP contribution in [0.1, 0.15) is 26.3 Å². The number of hydrogen-bond donors (Lipinski definition) is 3. The maximum atomic E-state index is 12.5. The number of thiol groups is 1. The van der Waals surface area contributed by atoms with Gasteiger partial charge in [0.1, 0.15) is 0 Å². The van der Waals surface area contributed by atoms with E-state index in [2.05, 4.69) is 12.6 Å². The summed E-state index contributed by atoms with van der Waals surface area (Å²) in [6.07, 6.45) is 0.598. The van der Waals surface area contributed by atoms with Gasteiger partial charge in [-0.15, -0.1) is 0 Å². The van der Waals surface area contributed by atoms with Crippen LogP contribution in [0.15, 0.2) is 48.5 Å². The second-order valence-corrected chi connectivity index (χ2v) is 5.08. The van der Waals surface area contributed by atoms with Crippen molar-refractivity contribution in [1.29, 1.82) is 0 Å². The van der Waals surface area contributed by atoms with Crippen LogP contribution in [0.5, 0.6) is 0 Å². The van der Waals surface area contributed by atoms with E-state index in [0.29, 0.717) is 22.9 Å². The second-order valence-electron chi connectivity index (χ2n) is 4.63. The molecule has 114 valence electrons. The first-order chi connectivity index (χ1) is 10.6. The number of carbonyl (C=O) groups is 2. The highest BCUT2D eigenvalue weighted by atomic mass is 32.1. The third-order valence-electron chi connectivity index (χ3n) is 3.22. The van der Waals surface area contributed by atoms with Crippen molar-refractivity contribution in [2.45, 2.75) is 6.42 Å². The summed E-state index contributed by atoms with van der Waals surface area (Å²) in [7, 11) is 0. The molecule has 2 aromatic carbocycles. The van der Waals surface area contributed by atoms with Crippen LogP contribution in [0.25, 0.3) is 0 Å². The number of nitrogens with two attached hydrogens (primary N) is 1. The van der Waals surface area contributed by atoms with Gasteiger partial charge in [0.15, 0.2) is 0 Å². The van der Waals surface area contributed by atoms with Crippen molar-refractivity contribution in [2.75, 3.05) is 10.8 Å². The van der Waals surface area contributed by atoms with Gasteiger partial charge in [0.25, 0.3) is 5.91 Å². The molecule has 0 radical (unpaired) electrons. The number of carbonyl (C=O) groups excluding carboxylic acids is 2. The van der Waals surface area contributed by atoms with E-state index in [9.17, 15) is 14.8 Å². The number of hydrogen-bond acceptors (Lipinski definition) is 4. The van der Waals surface area contributed by atoms with E-state index in [1.165, 1.54) is 12.1 Å². The topological polar surface area (TPSA) is 83.6 Å². The Bertz CT molecular complexity index is 703. The molecule has 0 aromatic heterocycles. The molecule has 0 saturated carbocycles. The van der Waals surface area contributed by atoms with Crippen LogP contribution in [0.4, 0.5) is 5.69 Å². The van der Waals surface area contributed by atoms with Crippen molar-refractivity contribution in [1.82, 2.24) is 0 Å². The number of hydroxylamine groups is 1. The Balaban J connectivity index is 2.40. The molecule has 0 bridgehead atoms. The quantitative estimate of drug-likeness (QED) is 0.449. The van der Waals surface area contributed by atoms with Crippen LogP contribution < -0.4 is 10.8 Å². The summed E-state index contributed by atoms with van der Waals surface area (Å²) < 4.78 is 0. The number of aryl methyl sites for hydroxylation is 1. The highest BCUT2D eigenvalue weighted by molar-refractivity contribution is 7.80. The fourth-order valence-electron chi connectivity index (χ4n) is 2.16. The zero-order valence-electron chi connectivity index (χ0n) is 11.8. The molecule has 0 aliphatic rings. The molecule has 0 atom stereocenters. The molecule has 6 heteroatoms. The summed E-state index contributed by atoms with van der Waals surface area (Å²) in [6.45, 7) is 0. The van der Waals surface area contributed by atoms with Gasteiger partial charge in [-0.25, -0.2) is 0 Å². The molecule has 0 heterocycles. The van der Waals surface area contributed by atoms with Gasteiger partial charge < -0.3 is 5.73 Å². The Hall–Kier alpha value is -2.31. The summed E-state index contributed by atoms with van der Waals surface area (Å²) in [4.78, 5) is 23.9. The third-order valence-corrected chi connectivity index (χ3v) is 3.44. The number of anilines is 1. The average molecular weight is 316 g/mol.